The molecule has 1 aromatic carbocycles. The SMILES string of the molecule is CCCNC(C)c1ccc(OC(C)CCOC)c(Cl)c1. The number of halogens is 1. The quantitative estimate of drug-likeness (QED) is 0.741. The summed E-state index contributed by atoms with van der Waals surface area (Å²) in [5, 5.41) is 4.11. The fourth-order valence-electron chi connectivity index (χ4n) is 1.92. The lowest BCUT2D eigenvalue weighted by Gasteiger charge is -2.18. The number of nitrogens with one attached hydrogen (secondary N) is 1. The van der Waals surface area contributed by atoms with Crippen molar-refractivity contribution in [1.29, 1.82) is 0 Å². The van der Waals surface area contributed by atoms with Crippen LogP contribution in [0.1, 0.15) is 45.2 Å². The van der Waals surface area contributed by atoms with Crippen molar-refractivity contribution in [2.24, 2.45) is 0 Å². The highest BCUT2D eigenvalue weighted by atomic mass is 35.5. The van der Waals surface area contributed by atoms with Gasteiger partial charge in [0.15, 0.2) is 0 Å². The zero-order valence-corrected chi connectivity index (χ0v) is 13.7. The lowest BCUT2D eigenvalue weighted by Crippen LogP contribution is -2.19. The lowest BCUT2D eigenvalue weighted by molar-refractivity contribution is 0.135. The maximum atomic E-state index is 6.30. The molecule has 0 heterocycles. The van der Waals surface area contributed by atoms with Gasteiger partial charge >= 0.3 is 0 Å². The topological polar surface area (TPSA) is 30.5 Å². The Labute approximate surface area is 127 Å². The number of ether oxygens (including phenoxy) is 2. The molecule has 3 nitrogen and oxygen atoms in total. The monoisotopic (exact) mass is 299 g/mol. The summed E-state index contributed by atoms with van der Waals surface area (Å²) in [5.41, 5.74) is 1.18. The molecule has 0 aliphatic rings. The van der Waals surface area contributed by atoms with Crippen LogP contribution in [-0.2, 0) is 4.74 Å². The summed E-state index contributed by atoms with van der Waals surface area (Å²) in [6.45, 7) is 8.02. The van der Waals surface area contributed by atoms with Crippen molar-refractivity contribution in [2.45, 2.75) is 45.8 Å². The second-order valence-electron chi connectivity index (χ2n) is 5.08. The predicted octanol–water partition coefficient (Wildman–Crippen LogP) is 4.20. The van der Waals surface area contributed by atoms with Gasteiger partial charge in [-0.15, -0.1) is 0 Å². The molecular formula is C16H26ClNO2. The van der Waals surface area contributed by atoms with Gasteiger partial charge in [0.1, 0.15) is 5.75 Å². The molecule has 0 aliphatic carbocycles. The Kier molecular flexibility index (Phi) is 7.97. The van der Waals surface area contributed by atoms with E-state index in [-0.39, 0.29) is 6.10 Å². The summed E-state index contributed by atoms with van der Waals surface area (Å²) in [7, 11) is 1.69. The number of rotatable bonds is 9. The molecule has 1 N–H and O–H groups in total. The first-order valence-corrected chi connectivity index (χ1v) is 7.64. The van der Waals surface area contributed by atoms with Crippen molar-refractivity contribution >= 4 is 11.6 Å². The van der Waals surface area contributed by atoms with Crippen molar-refractivity contribution in [3.63, 3.8) is 0 Å². The molecule has 0 amide bonds. The zero-order valence-electron chi connectivity index (χ0n) is 12.9. The van der Waals surface area contributed by atoms with Gasteiger partial charge in [0, 0.05) is 26.2 Å². The molecule has 1 aromatic rings. The Bertz CT molecular complexity index is 398. The molecule has 114 valence electrons. The van der Waals surface area contributed by atoms with Crippen molar-refractivity contribution < 1.29 is 9.47 Å². The second kappa shape index (κ2) is 9.22. The van der Waals surface area contributed by atoms with Gasteiger partial charge in [0.25, 0.3) is 0 Å². The molecule has 20 heavy (non-hydrogen) atoms. The van der Waals surface area contributed by atoms with E-state index in [1.54, 1.807) is 7.11 Å². The zero-order chi connectivity index (χ0) is 15.0. The number of methoxy groups -OCH3 is 1. The Balaban J connectivity index is 2.63. The van der Waals surface area contributed by atoms with Gasteiger partial charge in [-0.2, -0.15) is 0 Å². The van der Waals surface area contributed by atoms with Crippen molar-refractivity contribution in [3.8, 4) is 5.75 Å². The van der Waals surface area contributed by atoms with E-state index in [1.165, 1.54) is 5.56 Å². The van der Waals surface area contributed by atoms with Crippen LogP contribution in [0.3, 0.4) is 0 Å². The number of hydrogen-bond donors (Lipinski definition) is 1. The lowest BCUT2D eigenvalue weighted by atomic mass is 10.1. The van der Waals surface area contributed by atoms with Gasteiger partial charge in [-0.1, -0.05) is 24.6 Å². The standard InChI is InChI=1S/C16H26ClNO2/c1-5-9-18-13(3)14-6-7-16(15(17)11-14)20-12(2)8-10-19-4/h6-7,11-13,18H,5,8-10H2,1-4H3. The van der Waals surface area contributed by atoms with Crippen LogP contribution in [0.15, 0.2) is 18.2 Å². The van der Waals surface area contributed by atoms with Crippen LogP contribution in [0.2, 0.25) is 5.02 Å². The van der Waals surface area contributed by atoms with Crippen LogP contribution in [-0.4, -0.2) is 26.4 Å². The van der Waals surface area contributed by atoms with Crippen molar-refractivity contribution in [3.05, 3.63) is 28.8 Å². The molecule has 0 fully saturated rings. The highest BCUT2D eigenvalue weighted by molar-refractivity contribution is 6.32. The van der Waals surface area contributed by atoms with Gasteiger partial charge in [-0.25, -0.2) is 0 Å². The summed E-state index contributed by atoms with van der Waals surface area (Å²) >= 11 is 6.30. The van der Waals surface area contributed by atoms with Gasteiger partial charge in [0.2, 0.25) is 0 Å². The van der Waals surface area contributed by atoms with Crippen LogP contribution in [0.25, 0.3) is 0 Å². The molecule has 2 atom stereocenters. The average molecular weight is 300 g/mol. The molecular weight excluding hydrogens is 274 g/mol. The highest BCUT2D eigenvalue weighted by Gasteiger charge is 2.11. The molecule has 0 spiro atoms. The third-order valence-electron chi connectivity index (χ3n) is 3.21. The predicted molar refractivity (Wildman–Crippen MR) is 84.7 cm³/mol. The minimum atomic E-state index is 0.0916. The largest absolute Gasteiger partial charge is 0.489 e. The summed E-state index contributed by atoms with van der Waals surface area (Å²) < 4.78 is 10.9. The van der Waals surface area contributed by atoms with E-state index >= 15 is 0 Å². The van der Waals surface area contributed by atoms with Crippen LogP contribution < -0.4 is 10.1 Å². The molecule has 0 aromatic heterocycles. The molecule has 0 saturated carbocycles. The molecule has 0 aliphatic heterocycles. The Morgan fingerprint density at radius 1 is 1.30 bits per heavy atom. The first-order valence-electron chi connectivity index (χ1n) is 7.26. The fourth-order valence-corrected chi connectivity index (χ4v) is 2.15. The first kappa shape index (κ1) is 17.3. The minimum Gasteiger partial charge on any atom is -0.489 e. The van der Waals surface area contributed by atoms with Crippen LogP contribution in [0.5, 0.6) is 5.75 Å². The fraction of sp³-hybridized carbons (Fsp3) is 0.625. The van der Waals surface area contributed by atoms with E-state index in [1.807, 2.05) is 19.1 Å². The van der Waals surface area contributed by atoms with Gasteiger partial charge in [-0.05, 0) is 44.5 Å². The summed E-state index contributed by atoms with van der Waals surface area (Å²) in [4.78, 5) is 0. The first-order chi connectivity index (χ1) is 9.58. The smallest absolute Gasteiger partial charge is 0.138 e. The Morgan fingerprint density at radius 3 is 2.65 bits per heavy atom. The third-order valence-corrected chi connectivity index (χ3v) is 3.51. The highest BCUT2D eigenvalue weighted by Crippen LogP contribution is 2.29. The molecule has 1 rings (SSSR count). The average Bonchev–Trinajstić information content (AvgIpc) is 2.44. The van der Waals surface area contributed by atoms with E-state index in [4.69, 9.17) is 21.1 Å². The van der Waals surface area contributed by atoms with Gasteiger partial charge < -0.3 is 14.8 Å². The summed E-state index contributed by atoms with van der Waals surface area (Å²) in [5.74, 6) is 0.738. The molecule has 0 radical (unpaired) electrons. The van der Waals surface area contributed by atoms with Crippen LogP contribution in [0.4, 0.5) is 0 Å². The van der Waals surface area contributed by atoms with E-state index < -0.39 is 0 Å². The van der Waals surface area contributed by atoms with Gasteiger partial charge in [0.05, 0.1) is 11.1 Å². The summed E-state index contributed by atoms with van der Waals surface area (Å²) in [6, 6.07) is 6.29. The van der Waals surface area contributed by atoms with Crippen LogP contribution >= 0.6 is 11.6 Å². The Hall–Kier alpha value is -0.770. The van der Waals surface area contributed by atoms with E-state index in [9.17, 15) is 0 Å². The number of hydrogen-bond acceptors (Lipinski definition) is 3. The number of benzene rings is 1. The van der Waals surface area contributed by atoms with Gasteiger partial charge in [-0.3, -0.25) is 0 Å². The molecule has 2 unspecified atom stereocenters. The Morgan fingerprint density at radius 2 is 2.05 bits per heavy atom. The molecule has 4 heteroatoms. The maximum absolute atomic E-state index is 6.30. The van der Waals surface area contributed by atoms with E-state index in [2.05, 4.69) is 25.2 Å². The van der Waals surface area contributed by atoms with E-state index in [0.29, 0.717) is 17.7 Å². The second-order valence-corrected chi connectivity index (χ2v) is 5.48. The van der Waals surface area contributed by atoms with Crippen molar-refractivity contribution in [1.82, 2.24) is 5.32 Å². The third kappa shape index (κ3) is 5.70. The van der Waals surface area contributed by atoms with E-state index in [0.717, 1.165) is 25.1 Å². The molecule has 0 saturated heterocycles. The minimum absolute atomic E-state index is 0.0916. The maximum Gasteiger partial charge on any atom is 0.138 e. The molecule has 0 bridgehead atoms. The summed E-state index contributed by atoms with van der Waals surface area (Å²) in [6.07, 6.45) is 2.06. The van der Waals surface area contributed by atoms with Crippen LogP contribution in [0, 0.1) is 0 Å². The normalized spacial score (nSPS) is 14.1. The van der Waals surface area contributed by atoms with Crippen molar-refractivity contribution in [2.75, 3.05) is 20.3 Å².